The Hall–Kier alpha value is -0.570. The summed E-state index contributed by atoms with van der Waals surface area (Å²) in [6.45, 7) is 8.44. The van der Waals surface area contributed by atoms with Gasteiger partial charge in [0.05, 0.1) is 26.7 Å². The van der Waals surface area contributed by atoms with Crippen molar-refractivity contribution in [2.45, 2.75) is 168 Å². The minimum Gasteiger partial charge on any atom is -0.481 e. The molecule has 0 fully saturated rings. The SMILES string of the molecule is CCCCCCCCCCCC[N+](C)(CCCCCCCCCCCC)CCCCCC(=O)O. The van der Waals surface area contributed by atoms with Gasteiger partial charge in [0.1, 0.15) is 0 Å². The molecular formula is C31H64NO2+. The molecule has 0 aromatic rings. The lowest BCUT2D eigenvalue weighted by atomic mass is 10.0. The van der Waals surface area contributed by atoms with Gasteiger partial charge in [-0.15, -0.1) is 0 Å². The number of carbonyl (C=O) groups is 1. The number of hydrogen-bond acceptors (Lipinski definition) is 1. The fourth-order valence-electron chi connectivity index (χ4n) is 5.24. The van der Waals surface area contributed by atoms with Gasteiger partial charge < -0.3 is 9.59 Å². The monoisotopic (exact) mass is 482 g/mol. The van der Waals surface area contributed by atoms with Crippen LogP contribution in [0.5, 0.6) is 0 Å². The average molecular weight is 483 g/mol. The maximum Gasteiger partial charge on any atom is 0.303 e. The van der Waals surface area contributed by atoms with E-state index in [-0.39, 0.29) is 0 Å². The zero-order chi connectivity index (χ0) is 25.2. The van der Waals surface area contributed by atoms with Gasteiger partial charge in [-0.1, -0.05) is 117 Å². The molecule has 3 heteroatoms. The van der Waals surface area contributed by atoms with Crippen LogP contribution in [0.3, 0.4) is 0 Å². The van der Waals surface area contributed by atoms with Crippen LogP contribution < -0.4 is 0 Å². The summed E-state index contributed by atoms with van der Waals surface area (Å²) >= 11 is 0. The average Bonchev–Trinajstić information content (AvgIpc) is 2.81. The summed E-state index contributed by atoms with van der Waals surface area (Å²) in [7, 11) is 2.47. The summed E-state index contributed by atoms with van der Waals surface area (Å²) in [6.07, 6.45) is 31.5. The highest BCUT2D eigenvalue weighted by molar-refractivity contribution is 5.66. The molecular weight excluding hydrogens is 418 g/mol. The molecule has 0 aliphatic heterocycles. The maximum absolute atomic E-state index is 10.8. The van der Waals surface area contributed by atoms with Gasteiger partial charge in [-0.05, 0) is 44.9 Å². The molecule has 3 nitrogen and oxygen atoms in total. The van der Waals surface area contributed by atoms with Crippen molar-refractivity contribution in [3.05, 3.63) is 0 Å². The molecule has 0 heterocycles. The number of rotatable bonds is 28. The molecule has 0 amide bonds. The van der Waals surface area contributed by atoms with E-state index in [1.807, 2.05) is 0 Å². The van der Waals surface area contributed by atoms with Gasteiger partial charge in [0.15, 0.2) is 0 Å². The van der Waals surface area contributed by atoms with Gasteiger partial charge >= 0.3 is 5.97 Å². The maximum atomic E-state index is 10.8. The van der Waals surface area contributed by atoms with Gasteiger partial charge in [-0.3, -0.25) is 4.79 Å². The van der Waals surface area contributed by atoms with Crippen LogP contribution >= 0.6 is 0 Å². The van der Waals surface area contributed by atoms with E-state index in [4.69, 9.17) is 5.11 Å². The first kappa shape index (κ1) is 33.4. The third kappa shape index (κ3) is 24.6. The highest BCUT2D eigenvalue weighted by Crippen LogP contribution is 2.17. The lowest BCUT2D eigenvalue weighted by molar-refractivity contribution is -0.910. The molecule has 1 N–H and O–H groups in total. The molecule has 34 heavy (non-hydrogen) atoms. The summed E-state index contributed by atoms with van der Waals surface area (Å²) < 4.78 is 1.21. The van der Waals surface area contributed by atoms with Crippen molar-refractivity contribution in [3.8, 4) is 0 Å². The van der Waals surface area contributed by atoms with Crippen LogP contribution in [0.1, 0.15) is 168 Å². The number of aliphatic carboxylic acids is 1. The predicted molar refractivity (Wildman–Crippen MR) is 151 cm³/mol. The summed E-state index contributed by atoms with van der Waals surface area (Å²) in [5.41, 5.74) is 0. The van der Waals surface area contributed by atoms with E-state index in [1.54, 1.807) is 0 Å². The van der Waals surface area contributed by atoms with Crippen molar-refractivity contribution in [1.29, 1.82) is 0 Å². The van der Waals surface area contributed by atoms with Crippen LogP contribution in [0.4, 0.5) is 0 Å². The van der Waals surface area contributed by atoms with Gasteiger partial charge in [0.2, 0.25) is 0 Å². The van der Waals surface area contributed by atoms with Crippen molar-refractivity contribution in [2.75, 3.05) is 26.7 Å². The molecule has 0 aromatic carbocycles. The van der Waals surface area contributed by atoms with Crippen molar-refractivity contribution in [1.82, 2.24) is 0 Å². The first-order chi connectivity index (χ1) is 16.5. The van der Waals surface area contributed by atoms with Crippen LogP contribution in [-0.4, -0.2) is 42.2 Å². The van der Waals surface area contributed by atoms with Gasteiger partial charge in [-0.25, -0.2) is 0 Å². The van der Waals surface area contributed by atoms with Gasteiger partial charge in [0.25, 0.3) is 0 Å². The van der Waals surface area contributed by atoms with E-state index in [0.717, 1.165) is 12.8 Å². The number of unbranched alkanes of at least 4 members (excludes halogenated alkanes) is 20. The van der Waals surface area contributed by atoms with E-state index < -0.39 is 5.97 Å². The zero-order valence-corrected chi connectivity index (χ0v) is 23.9. The summed E-state index contributed by atoms with van der Waals surface area (Å²) in [5.74, 6) is -0.645. The largest absolute Gasteiger partial charge is 0.481 e. The Morgan fingerprint density at radius 2 is 0.735 bits per heavy atom. The molecule has 0 aliphatic rings. The van der Waals surface area contributed by atoms with E-state index in [0.29, 0.717) is 6.42 Å². The topological polar surface area (TPSA) is 37.3 Å². The van der Waals surface area contributed by atoms with Gasteiger partial charge in [0, 0.05) is 6.42 Å². The smallest absolute Gasteiger partial charge is 0.303 e. The zero-order valence-electron chi connectivity index (χ0n) is 23.9. The molecule has 0 radical (unpaired) electrons. The van der Waals surface area contributed by atoms with Crippen LogP contribution in [0.15, 0.2) is 0 Å². The standard InChI is InChI=1S/C31H63NO2/c1-4-6-8-10-12-14-16-18-20-24-28-32(3,30-26-22-23-27-31(33)34)29-25-21-19-17-15-13-11-9-7-5-2/h4-30H2,1-3H3/p+1. The van der Waals surface area contributed by atoms with Crippen LogP contribution in [0, 0.1) is 0 Å². The first-order valence-electron chi connectivity index (χ1n) is 15.6. The lowest BCUT2D eigenvalue weighted by Gasteiger charge is -2.35. The lowest BCUT2D eigenvalue weighted by Crippen LogP contribution is -2.46. The molecule has 0 unspecified atom stereocenters. The Kier molecular flexibility index (Phi) is 25.1. The molecule has 0 aliphatic carbocycles. The third-order valence-corrected chi connectivity index (χ3v) is 7.69. The first-order valence-corrected chi connectivity index (χ1v) is 15.6. The number of carboxylic acids is 1. The number of quaternary nitrogens is 1. The summed E-state index contributed by atoms with van der Waals surface area (Å²) in [5, 5.41) is 8.89. The Balaban J connectivity index is 4.02. The second-order valence-electron chi connectivity index (χ2n) is 11.4. The molecule has 0 bridgehead atoms. The Morgan fingerprint density at radius 3 is 1.03 bits per heavy atom. The second-order valence-corrected chi connectivity index (χ2v) is 11.4. The minimum atomic E-state index is -0.645. The van der Waals surface area contributed by atoms with E-state index >= 15 is 0 Å². The highest BCUT2D eigenvalue weighted by Gasteiger charge is 2.20. The second kappa shape index (κ2) is 25.5. The fraction of sp³-hybridized carbons (Fsp3) is 0.968. The molecule has 0 aromatic heterocycles. The number of carboxylic acid groups (broad SMARTS) is 1. The Bertz CT molecular complexity index is 400. The van der Waals surface area contributed by atoms with E-state index in [1.165, 1.54) is 159 Å². The van der Waals surface area contributed by atoms with Crippen molar-refractivity contribution in [2.24, 2.45) is 0 Å². The van der Waals surface area contributed by atoms with Crippen LogP contribution in [0.25, 0.3) is 0 Å². The Labute approximate surface area is 215 Å². The molecule has 0 saturated heterocycles. The van der Waals surface area contributed by atoms with E-state index in [9.17, 15) is 4.79 Å². The van der Waals surface area contributed by atoms with Crippen molar-refractivity contribution < 1.29 is 14.4 Å². The fourth-order valence-corrected chi connectivity index (χ4v) is 5.24. The molecule has 0 spiro atoms. The summed E-state index contributed by atoms with van der Waals surface area (Å²) in [6, 6.07) is 0. The number of hydrogen-bond donors (Lipinski definition) is 1. The molecule has 204 valence electrons. The van der Waals surface area contributed by atoms with Gasteiger partial charge in [-0.2, -0.15) is 0 Å². The quantitative estimate of drug-likeness (QED) is 0.0889. The molecule has 0 saturated carbocycles. The van der Waals surface area contributed by atoms with Crippen molar-refractivity contribution >= 4 is 5.97 Å². The van der Waals surface area contributed by atoms with E-state index in [2.05, 4.69) is 20.9 Å². The Morgan fingerprint density at radius 1 is 0.471 bits per heavy atom. The normalized spacial score (nSPS) is 11.9. The third-order valence-electron chi connectivity index (χ3n) is 7.69. The summed E-state index contributed by atoms with van der Waals surface area (Å²) in [4.78, 5) is 10.8. The predicted octanol–water partition coefficient (Wildman–Crippen LogP) is 9.92. The molecule has 0 atom stereocenters. The number of nitrogens with zero attached hydrogens (tertiary/aromatic N) is 1. The van der Waals surface area contributed by atoms with Crippen molar-refractivity contribution in [3.63, 3.8) is 0 Å². The van der Waals surface area contributed by atoms with Crippen LogP contribution in [-0.2, 0) is 4.79 Å². The molecule has 0 rings (SSSR count). The minimum absolute atomic E-state index is 0.334. The van der Waals surface area contributed by atoms with Crippen LogP contribution in [0.2, 0.25) is 0 Å². The highest BCUT2D eigenvalue weighted by atomic mass is 16.4.